The minimum absolute atomic E-state index is 0.977. The number of benzene rings is 2. The Labute approximate surface area is 434 Å². The van der Waals surface area contributed by atoms with Crippen LogP contribution in [0, 0.1) is 0 Å². The summed E-state index contributed by atoms with van der Waals surface area (Å²) in [6.45, 7) is 13.8. The molecule has 1 N–H and O–H groups in total. The average Bonchev–Trinajstić information content (AvgIpc) is 3.65. The molecule has 0 saturated carbocycles. The molecule has 0 atom stereocenters. The van der Waals surface area contributed by atoms with E-state index in [0.29, 0.717) is 0 Å². The molecule has 390 valence electrons. The number of hydrogen-bond donors (Lipinski definition) is 0. The molecule has 0 radical (unpaired) electrons. The second-order valence-electron chi connectivity index (χ2n) is 21.0. The van der Waals surface area contributed by atoms with E-state index < -0.39 is 0 Å². The summed E-state index contributed by atoms with van der Waals surface area (Å²) in [7, 11) is 0. The first kappa shape index (κ1) is 60.7. The number of rotatable bonds is 43. The fourth-order valence-electron chi connectivity index (χ4n) is 10.1. The first-order valence-electron chi connectivity index (χ1n) is 30.3. The Morgan fingerprint density at radius 2 is 0.657 bits per heavy atom. The summed E-state index contributed by atoms with van der Waals surface area (Å²) in [5, 5.41) is 0. The van der Waals surface area contributed by atoms with Gasteiger partial charge in [-0.05, 0) is 129 Å². The maximum absolute atomic E-state index is 10.3. The number of nitrogens with zero attached hydrogens (tertiary/aromatic N) is 1. The van der Waals surface area contributed by atoms with Crippen molar-refractivity contribution in [2.24, 2.45) is 0 Å². The highest BCUT2D eigenvalue weighted by Gasteiger charge is 2.35. The zero-order chi connectivity index (χ0) is 50.1. The molecular formula is C68H108N2. The van der Waals surface area contributed by atoms with E-state index in [1.54, 1.807) is 0 Å². The van der Waals surface area contributed by atoms with Crippen molar-refractivity contribution in [3.63, 3.8) is 0 Å². The van der Waals surface area contributed by atoms with Gasteiger partial charge < -0.3 is 5.84 Å². The van der Waals surface area contributed by atoms with Gasteiger partial charge in [-0.3, -0.25) is 0 Å². The average molecular weight is 954 g/mol. The lowest BCUT2D eigenvalue weighted by molar-refractivity contribution is -0.347. The van der Waals surface area contributed by atoms with Gasteiger partial charge in [-0.15, -0.1) is 0 Å². The molecule has 0 bridgehead atoms. The summed E-state index contributed by atoms with van der Waals surface area (Å²) >= 11 is 0. The molecule has 0 saturated heterocycles. The molecule has 2 aromatic rings. The summed E-state index contributed by atoms with van der Waals surface area (Å²) < 4.78 is 1.85. The molecule has 0 amide bonds. The molecule has 2 heteroatoms. The third-order valence-electron chi connectivity index (χ3n) is 14.4. The van der Waals surface area contributed by atoms with Crippen LogP contribution in [-0.2, 0) is 0 Å². The third kappa shape index (κ3) is 25.6. The van der Waals surface area contributed by atoms with Crippen molar-refractivity contribution in [2.75, 3.05) is 0 Å². The SMILES string of the molecule is CCCC=C1C(CCCC)=C(c2cc(C=CCCCCCCCCC)cc(C=CCCCCCCCCC)c2)[N+]([NH-])=C1c1cc(C=CCCCCCCCCC)cc(C=CCCCCCCCCC)c1. The molecule has 0 aromatic heterocycles. The Morgan fingerprint density at radius 1 is 0.343 bits per heavy atom. The van der Waals surface area contributed by atoms with Gasteiger partial charge in [-0.2, -0.15) is 0 Å². The van der Waals surface area contributed by atoms with E-state index in [2.05, 4.69) is 133 Å². The minimum atomic E-state index is 0.977. The fourth-order valence-corrected chi connectivity index (χ4v) is 10.1. The zero-order valence-corrected chi connectivity index (χ0v) is 46.8. The predicted octanol–water partition coefficient (Wildman–Crippen LogP) is 23.4. The van der Waals surface area contributed by atoms with Crippen molar-refractivity contribution in [1.29, 1.82) is 0 Å². The lowest BCUT2D eigenvalue weighted by Crippen LogP contribution is -2.12. The summed E-state index contributed by atoms with van der Waals surface area (Å²) in [6, 6.07) is 14.3. The number of hydrogen-bond acceptors (Lipinski definition) is 0. The molecule has 0 fully saturated rings. The van der Waals surface area contributed by atoms with Crippen molar-refractivity contribution in [2.45, 2.75) is 279 Å². The standard InChI is InChI=1S/C68H108N2/c1-7-13-19-23-27-31-35-39-43-47-59-53-60(48-44-40-36-32-28-24-20-14-8-2)56-63(55-59)67-65(51-17-11-5)66(52-18-12-6)68(70(67)69)64-57-61(49-45-41-37-33-29-25-21-15-9-3)54-62(58-64)50-46-42-38-34-30-26-22-16-10-4/h43-51,53-58,69H,7-42,52H2,1-6H3. The summed E-state index contributed by atoms with van der Waals surface area (Å²) in [5.74, 6) is 10.3. The highest BCUT2D eigenvalue weighted by Crippen LogP contribution is 2.39. The van der Waals surface area contributed by atoms with Gasteiger partial charge in [0.25, 0.3) is 0 Å². The van der Waals surface area contributed by atoms with E-state index in [9.17, 15) is 5.84 Å². The molecule has 0 aliphatic carbocycles. The smallest absolute Gasteiger partial charge is 0.215 e. The van der Waals surface area contributed by atoms with Crippen LogP contribution in [-0.4, -0.2) is 10.4 Å². The van der Waals surface area contributed by atoms with E-state index in [-0.39, 0.29) is 0 Å². The van der Waals surface area contributed by atoms with Crippen LogP contribution in [0.1, 0.15) is 312 Å². The van der Waals surface area contributed by atoms with E-state index in [1.165, 1.54) is 219 Å². The molecule has 0 unspecified atom stereocenters. The van der Waals surface area contributed by atoms with Crippen molar-refractivity contribution in [3.05, 3.63) is 117 Å². The summed E-state index contributed by atoms with van der Waals surface area (Å²) in [4.78, 5) is 0. The number of nitrogens with one attached hydrogen (secondary N) is 1. The highest BCUT2D eigenvalue weighted by atomic mass is 15.3. The second kappa shape index (κ2) is 40.9. The van der Waals surface area contributed by atoms with Gasteiger partial charge in [0.15, 0.2) is 0 Å². The van der Waals surface area contributed by atoms with Crippen LogP contribution in [0.15, 0.2) is 77.9 Å². The van der Waals surface area contributed by atoms with Gasteiger partial charge >= 0.3 is 0 Å². The van der Waals surface area contributed by atoms with Crippen molar-refractivity contribution in [1.82, 2.24) is 0 Å². The Kier molecular flexibility index (Phi) is 35.4. The molecule has 1 aliphatic rings. The van der Waals surface area contributed by atoms with Gasteiger partial charge in [0.1, 0.15) is 0 Å². The van der Waals surface area contributed by atoms with Crippen LogP contribution in [0.5, 0.6) is 0 Å². The molecule has 3 rings (SSSR count). The third-order valence-corrected chi connectivity index (χ3v) is 14.4. The first-order chi connectivity index (χ1) is 34.5. The fraction of sp³-hybridized carbons (Fsp3) is 0.632. The molecule has 2 nitrogen and oxygen atoms in total. The zero-order valence-electron chi connectivity index (χ0n) is 46.8. The Hall–Kier alpha value is -3.65. The molecule has 1 aliphatic heterocycles. The van der Waals surface area contributed by atoms with Crippen LogP contribution >= 0.6 is 0 Å². The molecule has 1 heterocycles. The number of allylic oxidation sites excluding steroid dienone is 7. The van der Waals surface area contributed by atoms with Crippen molar-refractivity contribution >= 4 is 35.7 Å². The first-order valence-corrected chi connectivity index (χ1v) is 30.3. The van der Waals surface area contributed by atoms with E-state index >= 15 is 0 Å². The summed E-state index contributed by atoms with van der Waals surface area (Å²) in [5.41, 5.74) is 12.1. The van der Waals surface area contributed by atoms with Crippen LogP contribution in [0.25, 0.3) is 35.8 Å². The van der Waals surface area contributed by atoms with Crippen molar-refractivity contribution < 1.29 is 4.68 Å². The molecule has 70 heavy (non-hydrogen) atoms. The molecular weight excluding hydrogens is 845 g/mol. The van der Waals surface area contributed by atoms with E-state index in [1.807, 2.05) is 4.68 Å². The van der Waals surface area contributed by atoms with Gasteiger partial charge in [-0.1, -0.05) is 263 Å². The lowest BCUT2D eigenvalue weighted by atomic mass is 9.90. The highest BCUT2D eigenvalue weighted by molar-refractivity contribution is 6.16. The second-order valence-corrected chi connectivity index (χ2v) is 21.0. The van der Waals surface area contributed by atoms with Crippen LogP contribution in [0.3, 0.4) is 0 Å². The van der Waals surface area contributed by atoms with Crippen molar-refractivity contribution in [3.8, 4) is 0 Å². The van der Waals surface area contributed by atoms with Gasteiger partial charge in [0.2, 0.25) is 11.4 Å². The van der Waals surface area contributed by atoms with Gasteiger partial charge in [-0.25, -0.2) is 4.68 Å². The lowest BCUT2D eigenvalue weighted by Gasteiger charge is -2.11. The quantitative estimate of drug-likeness (QED) is 0.0468. The van der Waals surface area contributed by atoms with Gasteiger partial charge in [0.05, 0.1) is 5.57 Å². The predicted molar refractivity (Wildman–Crippen MR) is 318 cm³/mol. The Balaban J connectivity index is 2.07. The topological polar surface area (TPSA) is 26.8 Å². The molecule has 0 spiro atoms. The molecule has 2 aromatic carbocycles. The Morgan fingerprint density at radius 3 is 0.986 bits per heavy atom. The van der Waals surface area contributed by atoms with E-state index in [4.69, 9.17) is 0 Å². The maximum atomic E-state index is 10.3. The van der Waals surface area contributed by atoms with Crippen LogP contribution in [0.4, 0.5) is 0 Å². The van der Waals surface area contributed by atoms with Gasteiger partial charge in [0, 0.05) is 16.7 Å². The maximum Gasteiger partial charge on any atom is 0.215 e. The van der Waals surface area contributed by atoms with Crippen LogP contribution in [0.2, 0.25) is 0 Å². The largest absolute Gasteiger partial charge is 0.448 e. The minimum Gasteiger partial charge on any atom is -0.448 e. The summed E-state index contributed by atoms with van der Waals surface area (Å²) in [6.07, 6.45) is 68.9. The monoisotopic (exact) mass is 953 g/mol. The van der Waals surface area contributed by atoms with E-state index in [0.717, 1.165) is 74.8 Å². The number of unbranched alkanes of at least 4 members (excludes halogenated alkanes) is 30. The van der Waals surface area contributed by atoms with Crippen LogP contribution < -0.4 is 0 Å². The normalized spacial score (nSPS) is 14.0. The Bertz CT molecular complexity index is 1780.